The highest BCUT2D eigenvalue weighted by molar-refractivity contribution is 5.81. The minimum Gasteiger partial charge on any atom is -0.344 e. The van der Waals surface area contributed by atoms with Crippen LogP contribution in [-0.4, -0.2) is 61.9 Å². The monoisotopic (exact) mass is 269 g/mol. The molecular weight excluding hydrogens is 242 g/mol. The second-order valence-electron chi connectivity index (χ2n) is 5.29. The summed E-state index contributed by atoms with van der Waals surface area (Å²) >= 11 is 0. The Hall–Kier alpha value is -1.10. The van der Waals surface area contributed by atoms with Gasteiger partial charge in [-0.1, -0.05) is 6.92 Å². The molecule has 1 atom stereocenters. The molecule has 1 heterocycles. The first-order valence-corrected chi connectivity index (χ1v) is 7.27. The molecule has 1 aliphatic heterocycles. The smallest absolute Gasteiger partial charge is 0.227 e. The normalized spacial score (nSPS) is 19.3. The van der Waals surface area contributed by atoms with Gasteiger partial charge in [0.2, 0.25) is 11.8 Å². The van der Waals surface area contributed by atoms with Crippen LogP contribution in [0.3, 0.4) is 0 Å². The van der Waals surface area contributed by atoms with E-state index in [2.05, 4.69) is 5.32 Å². The third kappa shape index (κ3) is 4.82. The molecule has 0 bridgehead atoms. The number of amides is 2. The predicted molar refractivity (Wildman–Crippen MR) is 75.8 cm³/mol. The second kappa shape index (κ2) is 8.15. The molecule has 1 rings (SSSR count). The third-order valence-electron chi connectivity index (χ3n) is 3.66. The van der Waals surface area contributed by atoms with E-state index in [4.69, 9.17) is 0 Å². The van der Waals surface area contributed by atoms with E-state index in [0.29, 0.717) is 13.0 Å². The van der Waals surface area contributed by atoms with Crippen molar-refractivity contribution in [3.05, 3.63) is 0 Å². The molecule has 1 aliphatic rings. The van der Waals surface area contributed by atoms with Gasteiger partial charge in [-0.2, -0.15) is 0 Å². The largest absolute Gasteiger partial charge is 0.344 e. The summed E-state index contributed by atoms with van der Waals surface area (Å²) in [5.74, 6) is 0.346. The van der Waals surface area contributed by atoms with Gasteiger partial charge in [-0.15, -0.1) is 0 Å². The van der Waals surface area contributed by atoms with Crippen molar-refractivity contribution in [2.75, 3.05) is 40.3 Å². The summed E-state index contributed by atoms with van der Waals surface area (Å²) < 4.78 is 0. The lowest BCUT2D eigenvalue weighted by atomic mass is 9.96. The molecule has 1 N–H and O–H groups in total. The van der Waals surface area contributed by atoms with Crippen LogP contribution in [-0.2, 0) is 9.59 Å². The lowest BCUT2D eigenvalue weighted by Gasteiger charge is -2.34. The summed E-state index contributed by atoms with van der Waals surface area (Å²) in [7, 11) is 3.72. The first kappa shape index (κ1) is 16.0. The van der Waals surface area contributed by atoms with Crippen molar-refractivity contribution in [2.24, 2.45) is 5.92 Å². The number of nitrogens with one attached hydrogen (secondary N) is 1. The molecule has 0 spiro atoms. The highest BCUT2D eigenvalue weighted by Crippen LogP contribution is 2.19. The Morgan fingerprint density at radius 2 is 2.16 bits per heavy atom. The maximum Gasteiger partial charge on any atom is 0.227 e. The molecule has 1 fully saturated rings. The fraction of sp³-hybridized carbons (Fsp3) is 0.857. The van der Waals surface area contributed by atoms with Crippen LogP contribution in [0.4, 0.5) is 0 Å². The lowest BCUT2D eigenvalue weighted by Crippen LogP contribution is -2.46. The number of likely N-dealkylation sites (N-methyl/N-ethyl adjacent to an activating group) is 2. The van der Waals surface area contributed by atoms with Crippen LogP contribution >= 0.6 is 0 Å². The number of hydrogen-bond donors (Lipinski definition) is 1. The predicted octanol–water partition coefficient (Wildman–Crippen LogP) is 0.703. The highest BCUT2D eigenvalue weighted by atomic mass is 16.2. The lowest BCUT2D eigenvalue weighted by molar-refractivity contribution is -0.140. The van der Waals surface area contributed by atoms with Crippen molar-refractivity contribution in [3.63, 3.8) is 0 Å². The number of hydrogen-bond acceptors (Lipinski definition) is 3. The van der Waals surface area contributed by atoms with Gasteiger partial charge in [0.05, 0.1) is 5.92 Å². The third-order valence-corrected chi connectivity index (χ3v) is 3.66. The average molecular weight is 269 g/mol. The Bertz CT molecular complexity index is 307. The van der Waals surface area contributed by atoms with E-state index in [0.717, 1.165) is 38.9 Å². The maximum atomic E-state index is 12.3. The summed E-state index contributed by atoms with van der Waals surface area (Å²) in [6, 6.07) is 0. The van der Waals surface area contributed by atoms with Crippen LogP contribution in [0.5, 0.6) is 0 Å². The van der Waals surface area contributed by atoms with Crippen molar-refractivity contribution in [1.82, 2.24) is 15.1 Å². The SMILES string of the molecule is CCCC(=O)N1CCCC(C(=O)N(C)CCNC)C1. The molecule has 19 heavy (non-hydrogen) atoms. The molecule has 1 saturated heterocycles. The second-order valence-corrected chi connectivity index (χ2v) is 5.29. The molecule has 5 heteroatoms. The van der Waals surface area contributed by atoms with Crippen molar-refractivity contribution in [1.29, 1.82) is 0 Å². The molecule has 2 amide bonds. The first-order valence-electron chi connectivity index (χ1n) is 7.27. The molecular formula is C14H27N3O2. The van der Waals surface area contributed by atoms with Gasteiger partial charge >= 0.3 is 0 Å². The Morgan fingerprint density at radius 3 is 2.79 bits per heavy atom. The molecule has 0 radical (unpaired) electrons. The molecule has 110 valence electrons. The van der Waals surface area contributed by atoms with Gasteiger partial charge in [-0.05, 0) is 26.3 Å². The summed E-state index contributed by atoms with van der Waals surface area (Å²) in [5.41, 5.74) is 0. The van der Waals surface area contributed by atoms with E-state index in [1.54, 1.807) is 4.90 Å². The summed E-state index contributed by atoms with van der Waals surface area (Å²) in [5, 5.41) is 3.04. The van der Waals surface area contributed by atoms with Crippen molar-refractivity contribution in [3.8, 4) is 0 Å². The van der Waals surface area contributed by atoms with Gasteiger partial charge < -0.3 is 15.1 Å². The van der Waals surface area contributed by atoms with E-state index < -0.39 is 0 Å². The van der Waals surface area contributed by atoms with Gasteiger partial charge in [0.1, 0.15) is 0 Å². The average Bonchev–Trinajstić information content (AvgIpc) is 2.44. The van der Waals surface area contributed by atoms with Gasteiger partial charge in [0, 0.05) is 39.6 Å². The number of carbonyl (C=O) groups is 2. The molecule has 0 aromatic rings. The molecule has 0 saturated carbocycles. The topological polar surface area (TPSA) is 52.7 Å². The van der Waals surface area contributed by atoms with Crippen LogP contribution in [0, 0.1) is 5.92 Å². The fourth-order valence-electron chi connectivity index (χ4n) is 2.48. The van der Waals surface area contributed by atoms with Gasteiger partial charge in [-0.3, -0.25) is 9.59 Å². The Balaban J connectivity index is 2.49. The molecule has 0 aliphatic carbocycles. The zero-order valence-electron chi connectivity index (χ0n) is 12.4. The van der Waals surface area contributed by atoms with Crippen LogP contribution in [0.15, 0.2) is 0 Å². The molecule has 1 unspecified atom stereocenters. The minimum atomic E-state index is -0.0172. The number of nitrogens with zero attached hydrogens (tertiary/aromatic N) is 2. The highest BCUT2D eigenvalue weighted by Gasteiger charge is 2.29. The molecule has 5 nitrogen and oxygen atoms in total. The summed E-state index contributed by atoms with van der Waals surface area (Å²) in [4.78, 5) is 27.8. The van der Waals surface area contributed by atoms with Crippen molar-refractivity contribution in [2.45, 2.75) is 32.6 Å². The number of piperidine rings is 1. The Morgan fingerprint density at radius 1 is 1.42 bits per heavy atom. The molecule has 0 aromatic carbocycles. The fourth-order valence-corrected chi connectivity index (χ4v) is 2.48. The van der Waals surface area contributed by atoms with Crippen molar-refractivity contribution < 1.29 is 9.59 Å². The quantitative estimate of drug-likeness (QED) is 0.772. The van der Waals surface area contributed by atoms with Crippen molar-refractivity contribution >= 4 is 11.8 Å². The van der Waals surface area contributed by atoms with Gasteiger partial charge in [-0.25, -0.2) is 0 Å². The Kier molecular flexibility index (Phi) is 6.84. The zero-order chi connectivity index (χ0) is 14.3. The Labute approximate surface area is 116 Å². The minimum absolute atomic E-state index is 0.0172. The first-order chi connectivity index (χ1) is 9.10. The van der Waals surface area contributed by atoms with E-state index in [1.165, 1.54) is 0 Å². The van der Waals surface area contributed by atoms with Gasteiger partial charge in [0.15, 0.2) is 0 Å². The van der Waals surface area contributed by atoms with Crippen LogP contribution in [0.25, 0.3) is 0 Å². The number of likely N-dealkylation sites (tertiary alicyclic amines) is 1. The zero-order valence-corrected chi connectivity index (χ0v) is 12.4. The standard InChI is InChI=1S/C14H27N3O2/c1-4-6-13(18)17-9-5-7-12(11-17)14(19)16(3)10-8-15-2/h12,15H,4-11H2,1-3H3. The van der Waals surface area contributed by atoms with Crippen LogP contribution < -0.4 is 5.32 Å². The van der Waals surface area contributed by atoms with Crippen LogP contribution in [0.1, 0.15) is 32.6 Å². The van der Waals surface area contributed by atoms with E-state index in [9.17, 15) is 9.59 Å². The number of rotatable bonds is 6. The summed E-state index contributed by atoms with van der Waals surface area (Å²) in [6.45, 7) is 4.93. The summed E-state index contributed by atoms with van der Waals surface area (Å²) in [6.07, 6.45) is 3.30. The van der Waals surface area contributed by atoms with Gasteiger partial charge in [0.25, 0.3) is 0 Å². The van der Waals surface area contributed by atoms with E-state index >= 15 is 0 Å². The van der Waals surface area contributed by atoms with E-state index in [-0.39, 0.29) is 17.7 Å². The number of carbonyl (C=O) groups excluding carboxylic acids is 2. The maximum absolute atomic E-state index is 12.3. The van der Waals surface area contributed by atoms with Crippen LogP contribution in [0.2, 0.25) is 0 Å². The molecule has 0 aromatic heterocycles. The van der Waals surface area contributed by atoms with E-state index in [1.807, 2.05) is 25.9 Å².